The number of alkyl halides is 4. The Balaban J connectivity index is 2.01. The minimum atomic E-state index is -4.34. The minimum Gasteiger partial charge on any atom is -0.300 e. The van der Waals surface area contributed by atoms with Crippen LogP contribution in [0.15, 0.2) is 54.6 Å². The van der Waals surface area contributed by atoms with E-state index in [1.807, 2.05) is 42.3 Å². The molecule has 0 saturated heterocycles. The third-order valence-corrected chi connectivity index (χ3v) is 3.73. The molecule has 1 nitrogen and oxygen atoms in total. The van der Waals surface area contributed by atoms with Crippen LogP contribution in [0.25, 0.3) is 0 Å². The van der Waals surface area contributed by atoms with E-state index in [1.165, 1.54) is 6.07 Å². The van der Waals surface area contributed by atoms with Gasteiger partial charge in [0.05, 0.1) is 10.9 Å². The second-order valence-electron chi connectivity index (χ2n) is 5.27. The molecule has 0 amide bonds. The summed E-state index contributed by atoms with van der Waals surface area (Å²) in [5, 5.41) is -0.490. The van der Waals surface area contributed by atoms with Crippen molar-refractivity contribution in [2.45, 2.75) is 18.1 Å². The maximum absolute atomic E-state index is 12.7. The summed E-state index contributed by atoms with van der Waals surface area (Å²) < 4.78 is 38.2. The molecule has 0 aliphatic rings. The van der Waals surface area contributed by atoms with Gasteiger partial charge in [-0.1, -0.05) is 48.5 Å². The Kier molecular flexibility index (Phi) is 5.48. The predicted octanol–water partition coefficient (Wildman–Crippen LogP) is 5.12. The highest BCUT2D eigenvalue weighted by atomic mass is 35.5. The highest BCUT2D eigenvalue weighted by Gasteiger charge is 2.30. The van der Waals surface area contributed by atoms with Gasteiger partial charge in [0, 0.05) is 13.1 Å². The first-order valence-corrected chi connectivity index (χ1v) is 7.33. The molecule has 0 aliphatic heterocycles. The summed E-state index contributed by atoms with van der Waals surface area (Å²) in [4.78, 5) is 1.99. The lowest BCUT2D eigenvalue weighted by molar-refractivity contribution is -0.137. The van der Waals surface area contributed by atoms with E-state index in [0.29, 0.717) is 18.7 Å². The summed E-state index contributed by atoms with van der Waals surface area (Å²) >= 11 is 6.28. The van der Waals surface area contributed by atoms with Crippen molar-refractivity contribution >= 4 is 11.6 Å². The van der Waals surface area contributed by atoms with Crippen molar-refractivity contribution in [1.29, 1.82) is 0 Å². The Morgan fingerprint density at radius 3 is 2.36 bits per heavy atom. The van der Waals surface area contributed by atoms with Gasteiger partial charge < -0.3 is 4.90 Å². The third kappa shape index (κ3) is 4.75. The van der Waals surface area contributed by atoms with Crippen LogP contribution in [0.2, 0.25) is 0 Å². The van der Waals surface area contributed by atoms with E-state index in [-0.39, 0.29) is 0 Å². The quantitative estimate of drug-likeness (QED) is 0.689. The molecule has 2 aromatic rings. The van der Waals surface area contributed by atoms with E-state index >= 15 is 0 Å². The lowest BCUT2D eigenvalue weighted by Crippen LogP contribution is -2.22. The molecule has 22 heavy (non-hydrogen) atoms. The largest absolute Gasteiger partial charge is 0.416 e. The van der Waals surface area contributed by atoms with Crippen LogP contribution in [0, 0.1) is 0 Å². The van der Waals surface area contributed by atoms with Crippen LogP contribution >= 0.6 is 11.6 Å². The van der Waals surface area contributed by atoms with Gasteiger partial charge in [-0.05, 0) is 24.2 Å². The van der Waals surface area contributed by atoms with Crippen LogP contribution in [-0.2, 0) is 12.7 Å². The molecule has 1 atom stereocenters. The average Bonchev–Trinajstić information content (AvgIpc) is 2.47. The summed E-state index contributed by atoms with van der Waals surface area (Å²) in [6.07, 6.45) is -4.34. The van der Waals surface area contributed by atoms with Crippen molar-refractivity contribution in [1.82, 2.24) is 4.90 Å². The van der Waals surface area contributed by atoms with Crippen LogP contribution in [0.3, 0.4) is 0 Å². The number of benzene rings is 2. The molecule has 0 bridgehead atoms. The first-order chi connectivity index (χ1) is 10.4. The molecule has 0 radical (unpaired) electrons. The van der Waals surface area contributed by atoms with Gasteiger partial charge in [-0.15, -0.1) is 11.6 Å². The first-order valence-electron chi connectivity index (χ1n) is 6.90. The highest BCUT2D eigenvalue weighted by Crippen LogP contribution is 2.32. The summed E-state index contributed by atoms with van der Waals surface area (Å²) in [7, 11) is 1.90. The summed E-state index contributed by atoms with van der Waals surface area (Å²) in [6.45, 7) is 1.17. The smallest absolute Gasteiger partial charge is 0.300 e. The van der Waals surface area contributed by atoms with E-state index < -0.39 is 17.1 Å². The van der Waals surface area contributed by atoms with Crippen molar-refractivity contribution in [2.24, 2.45) is 0 Å². The topological polar surface area (TPSA) is 3.24 Å². The molecule has 2 aromatic carbocycles. The Hall–Kier alpha value is -1.52. The van der Waals surface area contributed by atoms with Gasteiger partial charge in [-0.25, -0.2) is 0 Å². The Labute approximate surface area is 133 Å². The summed E-state index contributed by atoms with van der Waals surface area (Å²) in [5.41, 5.74) is 0.954. The zero-order valence-corrected chi connectivity index (χ0v) is 12.9. The molecule has 2 rings (SSSR count). The molecule has 0 saturated carbocycles. The first kappa shape index (κ1) is 16.8. The fraction of sp³-hybridized carbons (Fsp3) is 0.294. The van der Waals surface area contributed by atoms with E-state index in [0.717, 1.165) is 17.7 Å². The van der Waals surface area contributed by atoms with Gasteiger partial charge in [0.2, 0.25) is 0 Å². The number of likely N-dealkylation sites (N-methyl/N-ethyl adjacent to an activating group) is 1. The van der Waals surface area contributed by atoms with Gasteiger partial charge in [-0.3, -0.25) is 0 Å². The number of nitrogens with zero attached hydrogens (tertiary/aromatic N) is 1. The van der Waals surface area contributed by atoms with E-state index in [2.05, 4.69) is 0 Å². The van der Waals surface area contributed by atoms with Crippen LogP contribution in [0.4, 0.5) is 13.2 Å². The van der Waals surface area contributed by atoms with Crippen LogP contribution in [0.1, 0.15) is 22.1 Å². The van der Waals surface area contributed by atoms with E-state index in [1.54, 1.807) is 6.07 Å². The minimum absolute atomic E-state index is 0.470. The van der Waals surface area contributed by atoms with Gasteiger partial charge >= 0.3 is 6.18 Å². The van der Waals surface area contributed by atoms with Crippen molar-refractivity contribution in [2.75, 3.05) is 13.6 Å². The molecule has 0 aromatic heterocycles. The van der Waals surface area contributed by atoms with Crippen molar-refractivity contribution < 1.29 is 13.2 Å². The second kappa shape index (κ2) is 7.16. The van der Waals surface area contributed by atoms with Gasteiger partial charge in [0.1, 0.15) is 0 Å². The SMILES string of the molecule is CN(Cc1ccccc1)CC(Cl)c1cccc(C(F)(F)F)c1. The molecular formula is C17H17ClF3N. The molecule has 0 N–H and O–H groups in total. The lowest BCUT2D eigenvalue weighted by atomic mass is 10.1. The fourth-order valence-corrected chi connectivity index (χ4v) is 2.62. The normalized spacial score (nSPS) is 13.4. The lowest BCUT2D eigenvalue weighted by Gasteiger charge is -2.21. The molecule has 0 aliphatic carbocycles. The monoisotopic (exact) mass is 327 g/mol. The molecular weight excluding hydrogens is 311 g/mol. The second-order valence-corrected chi connectivity index (χ2v) is 5.80. The van der Waals surface area contributed by atoms with E-state index in [4.69, 9.17) is 11.6 Å². The van der Waals surface area contributed by atoms with Crippen LogP contribution in [0.5, 0.6) is 0 Å². The predicted molar refractivity (Wildman–Crippen MR) is 82.8 cm³/mol. The molecule has 5 heteroatoms. The highest BCUT2D eigenvalue weighted by molar-refractivity contribution is 6.21. The van der Waals surface area contributed by atoms with Crippen LogP contribution in [-0.4, -0.2) is 18.5 Å². The number of halogens is 4. The molecule has 0 fully saturated rings. The Morgan fingerprint density at radius 2 is 1.73 bits per heavy atom. The molecule has 0 spiro atoms. The Morgan fingerprint density at radius 1 is 1.05 bits per heavy atom. The average molecular weight is 328 g/mol. The fourth-order valence-electron chi connectivity index (χ4n) is 2.25. The van der Waals surface area contributed by atoms with Gasteiger partial charge in [0.15, 0.2) is 0 Å². The third-order valence-electron chi connectivity index (χ3n) is 3.34. The molecule has 118 valence electrons. The number of rotatable bonds is 5. The maximum atomic E-state index is 12.7. The van der Waals surface area contributed by atoms with Crippen molar-refractivity contribution in [3.8, 4) is 0 Å². The standard InChI is InChI=1S/C17H17ClF3N/c1-22(11-13-6-3-2-4-7-13)12-16(18)14-8-5-9-15(10-14)17(19,20)21/h2-10,16H,11-12H2,1H3. The zero-order chi connectivity index (χ0) is 16.2. The number of hydrogen-bond donors (Lipinski definition) is 0. The van der Waals surface area contributed by atoms with Gasteiger partial charge in [0.25, 0.3) is 0 Å². The van der Waals surface area contributed by atoms with Crippen molar-refractivity contribution in [3.63, 3.8) is 0 Å². The van der Waals surface area contributed by atoms with Crippen LogP contribution < -0.4 is 0 Å². The van der Waals surface area contributed by atoms with E-state index in [9.17, 15) is 13.2 Å². The Bertz CT molecular complexity index is 598. The van der Waals surface area contributed by atoms with Crippen molar-refractivity contribution in [3.05, 3.63) is 71.3 Å². The zero-order valence-electron chi connectivity index (χ0n) is 12.1. The molecule has 1 unspecified atom stereocenters. The number of hydrogen-bond acceptors (Lipinski definition) is 1. The summed E-state index contributed by atoms with van der Waals surface area (Å²) in [6, 6.07) is 15.1. The maximum Gasteiger partial charge on any atom is 0.416 e. The molecule has 0 heterocycles. The van der Waals surface area contributed by atoms with Gasteiger partial charge in [-0.2, -0.15) is 13.2 Å². The summed E-state index contributed by atoms with van der Waals surface area (Å²) in [5.74, 6) is 0.